The summed E-state index contributed by atoms with van der Waals surface area (Å²) in [5, 5.41) is 3.47. The summed E-state index contributed by atoms with van der Waals surface area (Å²) in [6, 6.07) is 4.22. The van der Waals surface area contributed by atoms with E-state index in [0.29, 0.717) is 0 Å². The average molecular weight is 292 g/mol. The second-order valence-corrected chi connectivity index (χ2v) is 5.78. The van der Waals surface area contributed by atoms with Crippen molar-refractivity contribution in [2.45, 2.75) is 25.8 Å². The van der Waals surface area contributed by atoms with Crippen LogP contribution in [-0.4, -0.2) is 49.3 Å². The molecule has 1 fully saturated rings. The van der Waals surface area contributed by atoms with Crippen LogP contribution in [0.5, 0.6) is 0 Å². The quantitative estimate of drug-likeness (QED) is 0.665. The molecule has 118 valence electrons. The van der Waals surface area contributed by atoms with Gasteiger partial charge in [0.15, 0.2) is 5.96 Å². The highest BCUT2D eigenvalue weighted by molar-refractivity contribution is 5.79. The van der Waals surface area contributed by atoms with Crippen molar-refractivity contribution >= 4 is 5.96 Å². The lowest BCUT2D eigenvalue weighted by Gasteiger charge is -2.25. The number of nitrogens with one attached hydrogen (secondary N) is 1. The Kier molecular flexibility index (Phi) is 6.11. The topological polar surface area (TPSA) is 41.8 Å². The van der Waals surface area contributed by atoms with Gasteiger partial charge in [0, 0.05) is 52.8 Å². The summed E-state index contributed by atoms with van der Waals surface area (Å²) in [6.45, 7) is 3.69. The fourth-order valence-electron chi connectivity index (χ4n) is 2.79. The number of hydrogen-bond acceptors (Lipinski definition) is 2. The van der Waals surface area contributed by atoms with Crippen LogP contribution < -0.4 is 5.32 Å². The number of ether oxygens (including phenoxy) is 1. The highest BCUT2D eigenvalue weighted by atomic mass is 16.5. The lowest BCUT2D eigenvalue weighted by Crippen LogP contribution is -2.39. The molecule has 0 aliphatic carbocycles. The molecule has 5 nitrogen and oxygen atoms in total. The molecule has 0 saturated carbocycles. The molecule has 0 bridgehead atoms. The lowest BCUT2D eigenvalue weighted by atomic mass is 9.97. The van der Waals surface area contributed by atoms with E-state index >= 15 is 0 Å². The van der Waals surface area contributed by atoms with Crippen LogP contribution >= 0.6 is 0 Å². The summed E-state index contributed by atoms with van der Waals surface area (Å²) in [4.78, 5) is 6.54. The van der Waals surface area contributed by atoms with Crippen LogP contribution in [0.25, 0.3) is 0 Å². The molecule has 0 spiro atoms. The van der Waals surface area contributed by atoms with Crippen molar-refractivity contribution in [2.24, 2.45) is 18.0 Å². The van der Waals surface area contributed by atoms with Crippen LogP contribution in [0.1, 0.15) is 25.0 Å². The molecule has 2 rings (SSSR count). The van der Waals surface area contributed by atoms with Crippen LogP contribution in [0.4, 0.5) is 0 Å². The fraction of sp³-hybridized carbons (Fsp3) is 0.688. The zero-order chi connectivity index (χ0) is 15.1. The smallest absolute Gasteiger partial charge is 0.193 e. The average Bonchev–Trinajstić information content (AvgIpc) is 2.90. The molecular formula is C16H28N4O. The summed E-state index contributed by atoms with van der Waals surface area (Å²) in [6.07, 6.45) is 5.66. The molecule has 1 saturated heterocycles. The van der Waals surface area contributed by atoms with E-state index in [4.69, 9.17) is 4.74 Å². The summed E-state index contributed by atoms with van der Waals surface area (Å²) in [5.74, 6) is 1.76. The van der Waals surface area contributed by atoms with Crippen LogP contribution in [-0.2, 0) is 18.3 Å². The van der Waals surface area contributed by atoms with Crippen molar-refractivity contribution in [1.29, 1.82) is 0 Å². The monoisotopic (exact) mass is 292 g/mol. The maximum absolute atomic E-state index is 5.40. The third-order valence-electron chi connectivity index (χ3n) is 4.20. The van der Waals surface area contributed by atoms with Crippen LogP contribution in [0.15, 0.2) is 23.3 Å². The molecule has 0 atom stereocenters. The SMILES string of the molecule is CN=C(NCCC1CCOCC1)N(C)Cc1cccn1C. The number of rotatable bonds is 5. The van der Waals surface area contributed by atoms with Gasteiger partial charge in [-0.25, -0.2) is 0 Å². The first-order valence-electron chi connectivity index (χ1n) is 7.80. The number of nitrogens with zero attached hydrogens (tertiary/aromatic N) is 3. The Morgan fingerprint density at radius 3 is 2.86 bits per heavy atom. The zero-order valence-electron chi connectivity index (χ0n) is 13.5. The van der Waals surface area contributed by atoms with Gasteiger partial charge >= 0.3 is 0 Å². The van der Waals surface area contributed by atoms with E-state index in [-0.39, 0.29) is 0 Å². The van der Waals surface area contributed by atoms with E-state index in [2.05, 4.69) is 52.2 Å². The summed E-state index contributed by atoms with van der Waals surface area (Å²) in [5.41, 5.74) is 1.28. The Bertz CT molecular complexity index is 449. The minimum atomic E-state index is 0.794. The van der Waals surface area contributed by atoms with Gasteiger partial charge in [-0.15, -0.1) is 0 Å². The minimum Gasteiger partial charge on any atom is -0.381 e. The second kappa shape index (κ2) is 8.08. The number of aromatic nitrogens is 1. The maximum atomic E-state index is 5.40. The zero-order valence-corrected chi connectivity index (χ0v) is 13.5. The Morgan fingerprint density at radius 1 is 1.48 bits per heavy atom. The molecule has 5 heteroatoms. The van der Waals surface area contributed by atoms with E-state index in [1.165, 1.54) is 25.0 Å². The largest absolute Gasteiger partial charge is 0.381 e. The second-order valence-electron chi connectivity index (χ2n) is 5.78. The molecule has 2 heterocycles. The normalized spacial score (nSPS) is 17.0. The van der Waals surface area contributed by atoms with Crippen LogP contribution in [0, 0.1) is 5.92 Å². The molecular weight excluding hydrogens is 264 g/mol. The third-order valence-corrected chi connectivity index (χ3v) is 4.20. The molecule has 0 amide bonds. The maximum Gasteiger partial charge on any atom is 0.193 e. The molecule has 1 aliphatic rings. The highest BCUT2D eigenvalue weighted by Crippen LogP contribution is 2.17. The third kappa shape index (κ3) is 4.77. The molecule has 1 N–H and O–H groups in total. The van der Waals surface area contributed by atoms with Gasteiger partial charge in [-0.3, -0.25) is 4.99 Å². The number of aryl methyl sites for hydroxylation is 1. The van der Waals surface area contributed by atoms with E-state index in [9.17, 15) is 0 Å². The molecule has 0 aromatic carbocycles. The Balaban J connectivity index is 1.75. The Hall–Kier alpha value is -1.49. The summed E-state index contributed by atoms with van der Waals surface area (Å²) >= 11 is 0. The van der Waals surface area contributed by atoms with Gasteiger partial charge in [0.25, 0.3) is 0 Å². The molecule has 1 aromatic rings. The van der Waals surface area contributed by atoms with Crippen molar-refractivity contribution in [2.75, 3.05) is 33.9 Å². The van der Waals surface area contributed by atoms with Crippen molar-refractivity contribution in [3.63, 3.8) is 0 Å². The molecule has 1 aliphatic heterocycles. The standard InChI is InChI=1S/C16H28N4O/c1-17-16(18-9-6-14-7-11-21-12-8-14)20(3)13-15-5-4-10-19(15)2/h4-5,10,14H,6-9,11-13H2,1-3H3,(H,17,18). The minimum absolute atomic E-state index is 0.794. The van der Waals surface area contributed by atoms with Gasteiger partial charge in [-0.05, 0) is 37.3 Å². The number of aliphatic imine (C=N–C) groups is 1. The number of guanidine groups is 1. The van der Waals surface area contributed by atoms with Crippen molar-refractivity contribution in [1.82, 2.24) is 14.8 Å². The molecule has 0 unspecified atom stereocenters. The van der Waals surface area contributed by atoms with Crippen molar-refractivity contribution in [3.05, 3.63) is 24.0 Å². The molecule has 0 radical (unpaired) electrons. The van der Waals surface area contributed by atoms with Gasteiger partial charge in [0.1, 0.15) is 0 Å². The van der Waals surface area contributed by atoms with Crippen molar-refractivity contribution in [3.8, 4) is 0 Å². The first kappa shape index (κ1) is 15.9. The van der Waals surface area contributed by atoms with Gasteiger partial charge in [0.2, 0.25) is 0 Å². The van der Waals surface area contributed by atoms with E-state index in [1.54, 1.807) is 0 Å². The van der Waals surface area contributed by atoms with Gasteiger partial charge in [-0.1, -0.05) is 0 Å². The predicted molar refractivity (Wildman–Crippen MR) is 86.4 cm³/mol. The predicted octanol–water partition coefficient (Wildman–Crippen LogP) is 1.85. The van der Waals surface area contributed by atoms with E-state index in [1.807, 2.05) is 7.05 Å². The summed E-state index contributed by atoms with van der Waals surface area (Å²) in [7, 11) is 6.00. The van der Waals surface area contributed by atoms with E-state index < -0.39 is 0 Å². The molecule has 1 aromatic heterocycles. The van der Waals surface area contributed by atoms with E-state index in [0.717, 1.165) is 38.2 Å². The highest BCUT2D eigenvalue weighted by Gasteiger charge is 2.14. The van der Waals surface area contributed by atoms with Gasteiger partial charge in [-0.2, -0.15) is 0 Å². The first-order valence-corrected chi connectivity index (χ1v) is 7.80. The first-order chi connectivity index (χ1) is 10.2. The Labute approximate surface area is 128 Å². The van der Waals surface area contributed by atoms with Crippen LogP contribution in [0.3, 0.4) is 0 Å². The Morgan fingerprint density at radius 2 is 2.24 bits per heavy atom. The molecule has 21 heavy (non-hydrogen) atoms. The van der Waals surface area contributed by atoms with Gasteiger partial charge < -0.3 is 19.5 Å². The lowest BCUT2D eigenvalue weighted by molar-refractivity contribution is 0.0643. The van der Waals surface area contributed by atoms with Crippen LogP contribution in [0.2, 0.25) is 0 Å². The summed E-state index contributed by atoms with van der Waals surface area (Å²) < 4.78 is 7.55. The van der Waals surface area contributed by atoms with Crippen molar-refractivity contribution < 1.29 is 4.74 Å². The fourth-order valence-corrected chi connectivity index (χ4v) is 2.79. The number of hydrogen-bond donors (Lipinski definition) is 1. The van der Waals surface area contributed by atoms with Gasteiger partial charge in [0.05, 0.1) is 6.54 Å².